The number of aryl methyl sites for hydroxylation is 1. The van der Waals surface area contributed by atoms with E-state index in [1.807, 2.05) is 6.92 Å². The lowest BCUT2D eigenvalue weighted by Gasteiger charge is -2.23. The highest BCUT2D eigenvalue weighted by Gasteiger charge is 2.30. The maximum atomic E-state index is 12.7. The number of hydrogen-bond acceptors (Lipinski definition) is 1. The van der Waals surface area contributed by atoms with E-state index in [1.54, 1.807) is 0 Å². The van der Waals surface area contributed by atoms with Crippen LogP contribution in [0.5, 0.6) is 0 Å². The van der Waals surface area contributed by atoms with Crippen molar-refractivity contribution in [2.75, 3.05) is 11.9 Å². The fourth-order valence-corrected chi connectivity index (χ4v) is 2.63. The van der Waals surface area contributed by atoms with Crippen molar-refractivity contribution in [1.82, 2.24) is 0 Å². The molecule has 1 N–H and O–H groups in total. The third kappa shape index (κ3) is 3.88. The van der Waals surface area contributed by atoms with Gasteiger partial charge in [0.1, 0.15) is 0 Å². The van der Waals surface area contributed by atoms with Crippen molar-refractivity contribution in [1.29, 1.82) is 0 Å². The summed E-state index contributed by atoms with van der Waals surface area (Å²) in [5.74, 6) is 0.600. The fraction of sp³-hybridized carbons (Fsp3) is 0.600. The lowest BCUT2D eigenvalue weighted by Crippen LogP contribution is -2.18. The molecule has 0 saturated heterocycles. The van der Waals surface area contributed by atoms with Crippen LogP contribution in [-0.2, 0) is 6.18 Å². The van der Waals surface area contributed by atoms with Crippen LogP contribution in [0.15, 0.2) is 18.2 Å². The van der Waals surface area contributed by atoms with E-state index in [9.17, 15) is 13.2 Å². The van der Waals surface area contributed by atoms with E-state index in [4.69, 9.17) is 0 Å². The van der Waals surface area contributed by atoms with E-state index < -0.39 is 11.7 Å². The number of hydrogen-bond donors (Lipinski definition) is 1. The lowest BCUT2D eigenvalue weighted by atomic mass is 9.89. The van der Waals surface area contributed by atoms with Crippen molar-refractivity contribution in [3.8, 4) is 0 Å². The Bertz CT molecular complexity index is 420. The van der Waals surface area contributed by atoms with Crippen molar-refractivity contribution < 1.29 is 13.2 Å². The van der Waals surface area contributed by atoms with Crippen LogP contribution in [0, 0.1) is 12.8 Å². The Morgan fingerprint density at radius 2 is 1.84 bits per heavy atom. The van der Waals surface area contributed by atoms with Crippen molar-refractivity contribution in [2.45, 2.75) is 45.2 Å². The lowest BCUT2D eigenvalue weighted by molar-refractivity contribution is -0.137. The fourth-order valence-electron chi connectivity index (χ4n) is 2.63. The molecule has 0 atom stereocenters. The van der Waals surface area contributed by atoms with Gasteiger partial charge in [-0.15, -0.1) is 0 Å². The summed E-state index contributed by atoms with van der Waals surface area (Å²) in [6, 6.07) is 3.89. The second-order valence-electron chi connectivity index (χ2n) is 5.41. The Morgan fingerprint density at radius 3 is 2.47 bits per heavy atom. The third-order valence-corrected chi connectivity index (χ3v) is 3.87. The summed E-state index contributed by atoms with van der Waals surface area (Å²) in [6.07, 6.45) is 1.88. The Morgan fingerprint density at radius 1 is 1.16 bits per heavy atom. The molecular weight excluding hydrogens is 251 g/mol. The highest BCUT2D eigenvalue weighted by Crippen LogP contribution is 2.32. The molecule has 0 radical (unpaired) electrons. The van der Waals surface area contributed by atoms with Crippen molar-refractivity contribution in [3.05, 3.63) is 29.3 Å². The molecule has 1 nitrogen and oxygen atoms in total. The summed E-state index contributed by atoms with van der Waals surface area (Å²) in [7, 11) is 0. The van der Waals surface area contributed by atoms with Gasteiger partial charge in [-0.2, -0.15) is 13.2 Å². The largest absolute Gasteiger partial charge is 0.416 e. The predicted molar refractivity (Wildman–Crippen MR) is 71.2 cm³/mol. The summed E-state index contributed by atoms with van der Waals surface area (Å²) in [5, 5.41) is 3.20. The first-order valence-electron chi connectivity index (χ1n) is 6.88. The first kappa shape index (κ1) is 14.2. The molecule has 1 aromatic rings. The van der Waals surface area contributed by atoms with Gasteiger partial charge in [0.15, 0.2) is 0 Å². The molecule has 0 heterocycles. The van der Waals surface area contributed by atoms with Crippen LogP contribution in [0.4, 0.5) is 18.9 Å². The predicted octanol–water partition coefficient (Wildman–Crippen LogP) is 5.01. The minimum Gasteiger partial charge on any atom is -0.385 e. The topological polar surface area (TPSA) is 12.0 Å². The monoisotopic (exact) mass is 271 g/mol. The van der Waals surface area contributed by atoms with E-state index >= 15 is 0 Å². The van der Waals surface area contributed by atoms with E-state index in [0.717, 1.165) is 18.2 Å². The Balaban J connectivity index is 2.02. The highest BCUT2D eigenvalue weighted by molar-refractivity contribution is 5.53. The van der Waals surface area contributed by atoms with Crippen LogP contribution < -0.4 is 5.32 Å². The SMILES string of the molecule is Cc1ccc(C(F)(F)F)cc1NCC1CCCCC1. The average Bonchev–Trinajstić information content (AvgIpc) is 2.37. The van der Waals surface area contributed by atoms with Crippen LogP contribution in [0.1, 0.15) is 43.2 Å². The van der Waals surface area contributed by atoms with Crippen LogP contribution in [0.25, 0.3) is 0 Å². The van der Waals surface area contributed by atoms with Gasteiger partial charge < -0.3 is 5.32 Å². The molecule has 106 valence electrons. The van der Waals surface area contributed by atoms with Crippen molar-refractivity contribution >= 4 is 5.69 Å². The smallest absolute Gasteiger partial charge is 0.385 e. The molecule has 0 aliphatic heterocycles. The minimum absolute atomic E-state index is 0.579. The van der Waals surface area contributed by atoms with Gasteiger partial charge in [0.2, 0.25) is 0 Å². The summed E-state index contributed by atoms with van der Waals surface area (Å²) in [5.41, 5.74) is 0.897. The molecule has 1 aliphatic carbocycles. The van der Waals surface area contributed by atoms with Crippen LogP contribution in [-0.4, -0.2) is 6.54 Å². The number of halogens is 3. The third-order valence-electron chi connectivity index (χ3n) is 3.87. The highest BCUT2D eigenvalue weighted by atomic mass is 19.4. The maximum Gasteiger partial charge on any atom is 0.416 e. The summed E-state index contributed by atoms with van der Waals surface area (Å²) in [6.45, 7) is 2.62. The molecule has 0 unspecified atom stereocenters. The summed E-state index contributed by atoms with van der Waals surface area (Å²) >= 11 is 0. The molecule has 1 aromatic carbocycles. The molecule has 19 heavy (non-hydrogen) atoms. The van der Waals surface area contributed by atoms with Crippen LogP contribution in [0.3, 0.4) is 0 Å². The zero-order valence-corrected chi connectivity index (χ0v) is 11.2. The molecule has 1 saturated carbocycles. The standard InChI is InChI=1S/C15H20F3N/c1-11-7-8-13(15(16,17)18)9-14(11)19-10-12-5-3-2-4-6-12/h7-9,12,19H,2-6,10H2,1H3. The van der Waals surface area contributed by atoms with Gasteiger partial charge in [-0.1, -0.05) is 25.3 Å². The number of nitrogens with one attached hydrogen (secondary N) is 1. The summed E-state index contributed by atoms with van der Waals surface area (Å²) in [4.78, 5) is 0. The molecule has 0 amide bonds. The maximum absolute atomic E-state index is 12.7. The second-order valence-corrected chi connectivity index (χ2v) is 5.41. The van der Waals surface area contributed by atoms with Gasteiger partial charge in [-0.05, 0) is 43.4 Å². The molecule has 0 spiro atoms. The van der Waals surface area contributed by atoms with Crippen LogP contribution in [0.2, 0.25) is 0 Å². The van der Waals surface area contributed by atoms with E-state index in [0.29, 0.717) is 11.6 Å². The molecule has 1 aliphatic rings. The zero-order chi connectivity index (χ0) is 13.9. The number of benzene rings is 1. The van der Waals surface area contributed by atoms with Gasteiger partial charge in [-0.3, -0.25) is 0 Å². The van der Waals surface area contributed by atoms with Crippen LogP contribution >= 0.6 is 0 Å². The van der Waals surface area contributed by atoms with Gasteiger partial charge in [0.05, 0.1) is 5.56 Å². The quantitative estimate of drug-likeness (QED) is 0.815. The molecular formula is C15H20F3N. The Kier molecular flexibility index (Phi) is 4.38. The van der Waals surface area contributed by atoms with E-state index in [2.05, 4.69) is 5.32 Å². The van der Waals surface area contributed by atoms with E-state index in [-0.39, 0.29) is 0 Å². The first-order chi connectivity index (χ1) is 8.97. The van der Waals surface area contributed by atoms with Gasteiger partial charge in [0, 0.05) is 12.2 Å². The van der Waals surface area contributed by atoms with Crippen molar-refractivity contribution in [3.63, 3.8) is 0 Å². The number of rotatable bonds is 3. The number of anilines is 1. The van der Waals surface area contributed by atoms with Crippen molar-refractivity contribution in [2.24, 2.45) is 5.92 Å². The molecule has 2 rings (SSSR count). The molecule has 1 fully saturated rings. The first-order valence-corrected chi connectivity index (χ1v) is 6.88. The average molecular weight is 271 g/mol. The Hall–Kier alpha value is -1.19. The van der Waals surface area contributed by atoms with Gasteiger partial charge in [-0.25, -0.2) is 0 Å². The summed E-state index contributed by atoms with van der Waals surface area (Å²) < 4.78 is 38.0. The second kappa shape index (κ2) is 5.85. The molecule has 0 aromatic heterocycles. The molecule has 0 bridgehead atoms. The van der Waals surface area contributed by atoms with Gasteiger partial charge in [0.25, 0.3) is 0 Å². The zero-order valence-electron chi connectivity index (χ0n) is 11.2. The minimum atomic E-state index is -4.27. The van der Waals surface area contributed by atoms with E-state index in [1.165, 1.54) is 44.2 Å². The Labute approximate surface area is 112 Å². The number of alkyl halides is 3. The molecule has 4 heteroatoms. The normalized spacial score (nSPS) is 17.5. The van der Waals surface area contributed by atoms with Gasteiger partial charge >= 0.3 is 6.18 Å².